The number of phenolic OH excluding ortho intramolecular Hbond substituents is 2. The van der Waals surface area contributed by atoms with Crippen molar-refractivity contribution in [2.24, 2.45) is 0 Å². The van der Waals surface area contributed by atoms with Gasteiger partial charge in [0, 0.05) is 27.3 Å². The third-order valence-electron chi connectivity index (χ3n) is 4.92. The lowest BCUT2D eigenvalue weighted by Gasteiger charge is -2.15. The van der Waals surface area contributed by atoms with E-state index < -0.39 is 0 Å². The highest BCUT2D eigenvalue weighted by molar-refractivity contribution is 9.11. The minimum atomic E-state index is -0.0454. The summed E-state index contributed by atoms with van der Waals surface area (Å²) in [6, 6.07) is 17.5. The molecule has 0 bridgehead atoms. The molecule has 0 saturated heterocycles. The number of furan rings is 1. The van der Waals surface area contributed by atoms with Crippen molar-refractivity contribution in [1.29, 1.82) is 0 Å². The predicted molar refractivity (Wildman–Crippen MR) is 123 cm³/mol. The standard InChI is InChI=1S/C22H11Br3O3/c23-14-9-13(20(26)19(25)21(14)27)16-10-5-1-2-6-11(10)18(24)22-17(16)12-7-3-4-8-15(12)28-22/h1-9,26-27H. The highest BCUT2D eigenvalue weighted by Crippen LogP contribution is 2.51. The lowest BCUT2D eigenvalue weighted by atomic mass is 9.92. The third kappa shape index (κ3) is 2.44. The van der Waals surface area contributed by atoms with E-state index in [1.807, 2.05) is 48.5 Å². The minimum absolute atomic E-state index is 0.0280. The van der Waals surface area contributed by atoms with Crippen molar-refractivity contribution in [3.8, 4) is 22.6 Å². The quantitative estimate of drug-likeness (QED) is 0.217. The van der Waals surface area contributed by atoms with Gasteiger partial charge in [-0.3, -0.25) is 0 Å². The average molecular weight is 563 g/mol. The first-order valence-electron chi connectivity index (χ1n) is 8.40. The van der Waals surface area contributed by atoms with Crippen LogP contribution >= 0.6 is 47.8 Å². The lowest BCUT2D eigenvalue weighted by Crippen LogP contribution is -1.88. The molecule has 138 valence electrons. The van der Waals surface area contributed by atoms with Crippen molar-refractivity contribution >= 4 is 80.5 Å². The van der Waals surface area contributed by atoms with Crippen molar-refractivity contribution < 1.29 is 14.6 Å². The summed E-state index contributed by atoms with van der Waals surface area (Å²) in [6.07, 6.45) is 0. The normalized spacial score (nSPS) is 11.7. The van der Waals surface area contributed by atoms with Crippen LogP contribution in [0.4, 0.5) is 0 Å². The second-order valence-electron chi connectivity index (χ2n) is 6.45. The first-order valence-corrected chi connectivity index (χ1v) is 10.8. The van der Waals surface area contributed by atoms with Gasteiger partial charge in [0.25, 0.3) is 0 Å². The fraction of sp³-hybridized carbons (Fsp3) is 0. The summed E-state index contributed by atoms with van der Waals surface area (Å²) < 4.78 is 7.77. The Morgan fingerprint density at radius 1 is 0.714 bits per heavy atom. The summed E-state index contributed by atoms with van der Waals surface area (Å²) in [5, 5.41) is 24.9. The Labute approximate surface area is 185 Å². The molecule has 2 N–H and O–H groups in total. The Bertz CT molecular complexity index is 1420. The number of halogens is 3. The average Bonchev–Trinajstić information content (AvgIpc) is 3.10. The molecule has 0 aliphatic heterocycles. The van der Waals surface area contributed by atoms with Gasteiger partial charge in [-0.25, -0.2) is 0 Å². The van der Waals surface area contributed by atoms with Crippen LogP contribution in [0.5, 0.6) is 11.5 Å². The van der Waals surface area contributed by atoms with Crippen molar-refractivity contribution in [2.75, 3.05) is 0 Å². The van der Waals surface area contributed by atoms with Gasteiger partial charge in [-0.2, -0.15) is 0 Å². The first kappa shape index (κ1) is 18.0. The van der Waals surface area contributed by atoms with Gasteiger partial charge in [0.05, 0.1) is 8.95 Å². The molecular formula is C22H11Br3O3. The largest absolute Gasteiger partial charge is 0.506 e. The van der Waals surface area contributed by atoms with E-state index in [1.165, 1.54) is 0 Å². The molecule has 0 atom stereocenters. The molecule has 1 aromatic heterocycles. The molecule has 3 nitrogen and oxygen atoms in total. The molecule has 6 heteroatoms. The molecule has 0 saturated carbocycles. The highest BCUT2D eigenvalue weighted by atomic mass is 79.9. The second kappa shape index (κ2) is 6.51. The summed E-state index contributed by atoms with van der Waals surface area (Å²) >= 11 is 10.4. The van der Waals surface area contributed by atoms with E-state index >= 15 is 0 Å². The fourth-order valence-corrected chi connectivity index (χ4v) is 5.41. The fourth-order valence-electron chi connectivity index (χ4n) is 3.67. The summed E-state index contributed by atoms with van der Waals surface area (Å²) in [5.74, 6) is -0.0734. The predicted octanol–water partition coefficient (Wildman–Crippen LogP) is 8.10. The molecule has 1 heterocycles. The zero-order chi connectivity index (χ0) is 19.6. The number of aromatic hydroxyl groups is 2. The van der Waals surface area contributed by atoms with E-state index in [0.717, 1.165) is 42.7 Å². The Balaban J connectivity index is 2.10. The van der Waals surface area contributed by atoms with Gasteiger partial charge in [0.15, 0.2) is 5.58 Å². The van der Waals surface area contributed by atoms with Crippen molar-refractivity contribution in [3.05, 3.63) is 68.0 Å². The van der Waals surface area contributed by atoms with Crippen LogP contribution in [0.3, 0.4) is 0 Å². The van der Waals surface area contributed by atoms with E-state index in [2.05, 4.69) is 47.8 Å². The maximum atomic E-state index is 10.9. The molecule has 5 rings (SSSR count). The van der Waals surface area contributed by atoms with Crippen molar-refractivity contribution in [2.45, 2.75) is 0 Å². The van der Waals surface area contributed by atoms with E-state index in [9.17, 15) is 10.2 Å². The maximum absolute atomic E-state index is 10.9. The summed E-state index contributed by atoms with van der Waals surface area (Å²) in [5.41, 5.74) is 2.93. The van der Waals surface area contributed by atoms with Gasteiger partial charge >= 0.3 is 0 Å². The second-order valence-corrected chi connectivity index (χ2v) is 8.89. The van der Waals surface area contributed by atoms with Crippen molar-refractivity contribution in [1.82, 2.24) is 0 Å². The Hall–Kier alpha value is -2.02. The van der Waals surface area contributed by atoms with Gasteiger partial charge in [-0.15, -0.1) is 0 Å². The molecule has 0 spiro atoms. The van der Waals surface area contributed by atoms with Gasteiger partial charge < -0.3 is 14.6 Å². The van der Waals surface area contributed by atoms with Gasteiger partial charge in [0.2, 0.25) is 0 Å². The van der Waals surface area contributed by atoms with Crippen LogP contribution in [-0.2, 0) is 0 Å². The third-order valence-corrected chi connectivity index (χ3v) is 7.06. The van der Waals surface area contributed by atoms with Crippen molar-refractivity contribution in [3.63, 3.8) is 0 Å². The number of para-hydroxylation sites is 1. The molecule has 0 unspecified atom stereocenters. The molecule has 0 amide bonds. The summed E-state index contributed by atoms with van der Waals surface area (Å²) in [7, 11) is 0. The summed E-state index contributed by atoms with van der Waals surface area (Å²) in [6.45, 7) is 0. The Morgan fingerprint density at radius 3 is 2.11 bits per heavy atom. The molecule has 5 aromatic rings. The number of rotatable bonds is 1. The SMILES string of the molecule is Oc1c(Br)cc(-c2c3ccccc3c(Br)c3oc4ccccc4c23)c(O)c1Br. The molecule has 0 aliphatic carbocycles. The number of fused-ring (bicyclic) bond motifs is 4. The van der Waals surface area contributed by atoms with Gasteiger partial charge in [-0.05, 0) is 65.3 Å². The zero-order valence-corrected chi connectivity index (χ0v) is 18.9. The van der Waals surface area contributed by atoms with Crippen LogP contribution in [0.15, 0.2) is 72.4 Å². The number of benzene rings is 4. The van der Waals surface area contributed by atoms with Crippen LogP contribution in [0.1, 0.15) is 0 Å². The maximum Gasteiger partial charge on any atom is 0.150 e. The Morgan fingerprint density at radius 2 is 1.36 bits per heavy atom. The van der Waals surface area contributed by atoms with E-state index in [1.54, 1.807) is 6.07 Å². The van der Waals surface area contributed by atoms with Gasteiger partial charge in [0.1, 0.15) is 21.6 Å². The molecule has 28 heavy (non-hydrogen) atoms. The number of hydrogen-bond acceptors (Lipinski definition) is 3. The van der Waals surface area contributed by atoms with Gasteiger partial charge in [-0.1, -0.05) is 42.5 Å². The zero-order valence-electron chi connectivity index (χ0n) is 14.1. The molecular weight excluding hydrogens is 552 g/mol. The van der Waals surface area contributed by atoms with E-state index in [4.69, 9.17) is 4.42 Å². The molecule has 0 radical (unpaired) electrons. The van der Waals surface area contributed by atoms with E-state index in [0.29, 0.717) is 10.0 Å². The Kier molecular flexibility index (Phi) is 4.19. The molecule has 0 aliphatic rings. The topological polar surface area (TPSA) is 53.6 Å². The lowest BCUT2D eigenvalue weighted by molar-refractivity contribution is 0.443. The van der Waals surface area contributed by atoms with E-state index in [-0.39, 0.29) is 16.0 Å². The first-order chi connectivity index (χ1) is 13.5. The summed E-state index contributed by atoms with van der Waals surface area (Å²) in [4.78, 5) is 0. The monoisotopic (exact) mass is 560 g/mol. The van der Waals surface area contributed by atoms with Crippen LogP contribution in [0.2, 0.25) is 0 Å². The minimum Gasteiger partial charge on any atom is -0.506 e. The smallest absolute Gasteiger partial charge is 0.150 e. The highest BCUT2D eigenvalue weighted by Gasteiger charge is 2.24. The molecule has 0 fully saturated rings. The van der Waals surface area contributed by atoms with Crippen LogP contribution in [-0.4, -0.2) is 10.2 Å². The number of phenols is 2. The molecule has 4 aromatic carbocycles. The number of hydrogen-bond donors (Lipinski definition) is 2. The van der Waals surface area contributed by atoms with Crippen LogP contribution in [0.25, 0.3) is 43.8 Å². The van der Waals surface area contributed by atoms with Crippen LogP contribution in [0, 0.1) is 0 Å². The van der Waals surface area contributed by atoms with Crippen LogP contribution < -0.4 is 0 Å².